The first-order chi connectivity index (χ1) is 8.52. The van der Waals surface area contributed by atoms with E-state index >= 15 is 0 Å². The van der Waals surface area contributed by atoms with E-state index in [1.54, 1.807) is 6.20 Å². The maximum absolute atomic E-state index is 11.8. The molecule has 0 radical (unpaired) electrons. The van der Waals surface area contributed by atoms with Gasteiger partial charge in [0.1, 0.15) is 18.2 Å². The lowest BCUT2D eigenvalue weighted by Crippen LogP contribution is -2.56. The largest absolute Gasteiger partial charge is 0.444 e. The van der Waals surface area contributed by atoms with Crippen LogP contribution in [-0.4, -0.2) is 27.7 Å². The topological polar surface area (TPSA) is 92.5 Å². The van der Waals surface area contributed by atoms with Gasteiger partial charge < -0.3 is 4.42 Å². The van der Waals surface area contributed by atoms with Gasteiger partial charge in [0.15, 0.2) is 0 Å². The Morgan fingerprint density at radius 2 is 2.17 bits per heavy atom. The molecule has 2 heterocycles. The molecule has 18 heavy (non-hydrogen) atoms. The van der Waals surface area contributed by atoms with E-state index in [4.69, 9.17) is 4.42 Å². The summed E-state index contributed by atoms with van der Waals surface area (Å²) in [6.07, 6.45) is 2.23. The third kappa shape index (κ3) is 2.11. The van der Waals surface area contributed by atoms with Crippen LogP contribution >= 0.6 is 0 Å². The number of hydrogen-bond donors (Lipinski definition) is 1. The van der Waals surface area contributed by atoms with Crippen molar-refractivity contribution in [3.05, 3.63) is 17.8 Å². The Hall–Kier alpha value is -2.18. The molecular weight excluding hydrogens is 238 g/mol. The molecule has 1 atom stereocenters. The molecule has 0 aliphatic carbocycles. The fourth-order valence-corrected chi connectivity index (χ4v) is 1.60. The van der Waals surface area contributed by atoms with Crippen LogP contribution in [0.5, 0.6) is 0 Å². The summed E-state index contributed by atoms with van der Waals surface area (Å²) >= 11 is 0. The minimum atomic E-state index is -0.872. The van der Waals surface area contributed by atoms with Crippen molar-refractivity contribution in [1.29, 1.82) is 0 Å². The number of carbonyl (C=O) groups excluding carboxylic acids is 3. The zero-order valence-corrected chi connectivity index (χ0v) is 10.1. The Morgan fingerprint density at radius 1 is 1.44 bits per heavy atom. The van der Waals surface area contributed by atoms with Gasteiger partial charge in [-0.2, -0.15) is 0 Å². The Kier molecular flexibility index (Phi) is 3.14. The van der Waals surface area contributed by atoms with Crippen LogP contribution in [0.2, 0.25) is 0 Å². The van der Waals surface area contributed by atoms with Gasteiger partial charge in [-0.1, -0.05) is 6.92 Å². The van der Waals surface area contributed by atoms with Gasteiger partial charge >= 0.3 is 6.03 Å². The lowest BCUT2D eigenvalue weighted by Gasteiger charge is -2.27. The summed E-state index contributed by atoms with van der Waals surface area (Å²) in [5.41, 5.74) is 0. The van der Waals surface area contributed by atoms with Crippen molar-refractivity contribution >= 4 is 17.8 Å². The second-order valence-electron chi connectivity index (χ2n) is 4.01. The number of barbiturate groups is 1. The Morgan fingerprint density at radius 3 is 2.78 bits per heavy atom. The Balaban J connectivity index is 2.14. The van der Waals surface area contributed by atoms with Gasteiger partial charge in [0.05, 0.1) is 6.20 Å². The molecule has 1 N–H and O–H groups in total. The first kappa shape index (κ1) is 12.3. The number of nitrogens with one attached hydrogen (secondary N) is 1. The van der Waals surface area contributed by atoms with Gasteiger partial charge in [0.2, 0.25) is 17.7 Å². The fourth-order valence-electron chi connectivity index (χ4n) is 1.60. The van der Waals surface area contributed by atoms with Gasteiger partial charge in [-0.05, 0) is 6.92 Å². The van der Waals surface area contributed by atoms with E-state index < -0.39 is 23.8 Å². The van der Waals surface area contributed by atoms with Crippen LogP contribution in [0.15, 0.2) is 10.6 Å². The average molecular weight is 251 g/mol. The Labute approximate surface area is 103 Å². The molecule has 0 saturated carbocycles. The highest BCUT2D eigenvalue weighted by atomic mass is 16.4. The number of nitrogens with zero attached hydrogens (tertiary/aromatic N) is 2. The number of oxazole rings is 1. The van der Waals surface area contributed by atoms with E-state index in [1.165, 1.54) is 6.92 Å². The maximum atomic E-state index is 11.8. The number of imide groups is 2. The zero-order chi connectivity index (χ0) is 13.3. The molecule has 0 bridgehead atoms. The predicted molar refractivity (Wildman–Crippen MR) is 59.1 cm³/mol. The lowest BCUT2D eigenvalue weighted by atomic mass is 10.1. The quantitative estimate of drug-likeness (QED) is 0.787. The number of urea groups is 1. The van der Waals surface area contributed by atoms with Gasteiger partial charge in [0, 0.05) is 6.42 Å². The van der Waals surface area contributed by atoms with E-state index in [0.717, 1.165) is 4.90 Å². The van der Waals surface area contributed by atoms with Gasteiger partial charge in [0.25, 0.3) is 0 Å². The molecule has 1 aliphatic rings. The summed E-state index contributed by atoms with van der Waals surface area (Å²) < 4.78 is 5.32. The lowest BCUT2D eigenvalue weighted by molar-refractivity contribution is -0.142. The summed E-state index contributed by atoms with van der Waals surface area (Å²) in [5, 5.41) is 2.11. The molecule has 0 aromatic carbocycles. The van der Waals surface area contributed by atoms with Crippen LogP contribution in [0, 0.1) is 5.92 Å². The summed E-state index contributed by atoms with van der Waals surface area (Å²) in [6, 6.07) is -0.737. The van der Waals surface area contributed by atoms with Crippen LogP contribution in [0.25, 0.3) is 0 Å². The molecule has 1 aliphatic heterocycles. The first-order valence-corrected chi connectivity index (χ1v) is 5.62. The van der Waals surface area contributed by atoms with Crippen molar-refractivity contribution in [2.45, 2.75) is 26.8 Å². The molecule has 7 nitrogen and oxygen atoms in total. The van der Waals surface area contributed by atoms with Crippen LogP contribution in [0.4, 0.5) is 4.79 Å². The summed E-state index contributed by atoms with van der Waals surface area (Å²) in [6.45, 7) is 3.29. The summed E-state index contributed by atoms with van der Waals surface area (Å²) in [4.78, 5) is 39.5. The van der Waals surface area contributed by atoms with Crippen LogP contribution in [-0.2, 0) is 22.6 Å². The summed E-state index contributed by atoms with van der Waals surface area (Å²) in [5.74, 6) is -1.04. The molecule has 96 valence electrons. The van der Waals surface area contributed by atoms with Crippen molar-refractivity contribution in [2.75, 3.05) is 0 Å². The monoisotopic (exact) mass is 251 g/mol. The van der Waals surface area contributed by atoms with Crippen LogP contribution in [0.3, 0.4) is 0 Å². The van der Waals surface area contributed by atoms with Crippen LogP contribution in [0.1, 0.15) is 25.5 Å². The van der Waals surface area contributed by atoms with Crippen molar-refractivity contribution in [2.24, 2.45) is 5.92 Å². The second-order valence-corrected chi connectivity index (χ2v) is 4.01. The predicted octanol–water partition coefficient (Wildman–Crippen LogP) is 0.452. The van der Waals surface area contributed by atoms with Crippen molar-refractivity contribution in [3.63, 3.8) is 0 Å². The van der Waals surface area contributed by atoms with E-state index in [1.807, 2.05) is 6.92 Å². The molecule has 2 rings (SSSR count). The van der Waals surface area contributed by atoms with Gasteiger partial charge in [-0.3, -0.25) is 19.8 Å². The zero-order valence-electron chi connectivity index (χ0n) is 10.1. The maximum Gasteiger partial charge on any atom is 0.331 e. The van der Waals surface area contributed by atoms with E-state index in [2.05, 4.69) is 10.3 Å². The molecule has 1 saturated heterocycles. The highest BCUT2D eigenvalue weighted by Crippen LogP contribution is 2.14. The average Bonchev–Trinajstić information content (AvgIpc) is 2.80. The van der Waals surface area contributed by atoms with E-state index in [0.29, 0.717) is 12.2 Å². The summed E-state index contributed by atoms with van der Waals surface area (Å²) in [7, 11) is 0. The SMILES string of the molecule is CCc1cnc(CN2C(=O)NC(=O)C(C)C2=O)o1. The van der Waals surface area contributed by atoms with E-state index in [9.17, 15) is 14.4 Å². The minimum absolute atomic E-state index is 0.0672. The number of rotatable bonds is 3. The molecule has 1 fully saturated rings. The van der Waals surface area contributed by atoms with Gasteiger partial charge in [-0.15, -0.1) is 0 Å². The molecule has 4 amide bonds. The number of aryl methyl sites for hydroxylation is 1. The van der Waals surface area contributed by atoms with Crippen LogP contribution < -0.4 is 5.32 Å². The van der Waals surface area contributed by atoms with Crippen molar-refractivity contribution < 1.29 is 18.8 Å². The van der Waals surface area contributed by atoms with Crippen molar-refractivity contribution in [3.8, 4) is 0 Å². The Bertz CT molecular complexity index is 508. The number of carbonyl (C=O) groups is 3. The van der Waals surface area contributed by atoms with E-state index in [-0.39, 0.29) is 12.4 Å². The highest BCUT2D eigenvalue weighted by molar-refractivity contribution is 6.15. The standard InChI is InChI=1S/C11H13N3O4/c1-3-7-4-12-8(18-7)5-14-10(16)6(2)9(15)13-11(14)17/h4,6H,3,5H2,1-2H3,(H,13,15,17). The molecule has 7 heteroatoms. The normalized spacial score (nSPS) is 20.2. The third-order valence-electron chi connectivity index (χ3n) is 2.75. The number of amides is 4. The smallest absolute Gasteiger partial charge is 0.331 e. The molecular formula is C11H13N3O4. The second kappa shape index (κ2) is 4.59. The molecule has 1 unspecified atom stereocenters. The number of hydrogen-bond acceptors (Lipinski definition) is 5. The van der Waals surface area contributed by atoms with Gasteiger partial charge in [-0.25, -0.2) is 9.78 Å². The first-order valence-electron chi connectivity index (χ1n) is 5.62. The molecule has 0 spiro atoms. The number of aromatic nitrogens is 1. The minimum Gasteiger partial charge on any atom is -0.444 e. The third-order valence-corrected chi connectivity index (χ3v) is 2.75. The van der Waals surface area contributed by atoms with Crippen molar-refractivity contribution in [1.82, 2.24) is 15.2 Å². The molecule has 1 aromatic heterocycles. The fraction of sp³-hybridized carbons (Fsp3) is 0.455. The highest BCUT2D eigenvalue weighted by Gasteiger charge is 2.38. The molecule has 1 aromatic rings.